The number of nitriles is 1. The maximum atomic E-state index is 9.69. The number of benzene rings is 1. The molecule has 2 saturated heterocycles. The fourth-order valence-corrected chi connectivity index (χ4v) is 7.48. The predicted molar refractivity (Wildman–Crippen MR) is 183 cm³/mol. The third-order valence-electron chi connectivity index (χ3n) is 10.00. The number of aromatic nitrogens is 8. The molecule has 0 spiro atoms. The number of fused-ring (bicyclic) bond motifs is 2. The first-order valence-corrected chi connectivity index (χ1v) is 17.6. The molecular formula is C35H45N11O4. The van der Waals surface area contributed by atoms with Gasteiger partial charge >= 0.3 is 0 Å². The van der Waals surface area contributed by atoms with Crippen LogP contribution >= 0.6 is 0 Å². The fourth-order valence-electron chi connectivity index (χ4n) is 7.48. The van der Waals surface area contributed by atoms with E-state index in [1.807, 2.05) is 32.2 Å². The van der Waals surface area contributed by atoms with Crippen molar-refractivity contribution in [1.29, 1.82) is 5.26 Å². The van der Waals surface area contributed by atoms with Crippen molar-refractivity contribution in [1.82, 2.24) is 44.9 Å². The van der Waals surface area contributed by atoms with Gasteiger partial charge in [-0.05, 0) is 80.5 Å². The lowest BCUT2D eigenvalue weighted by atomic mass is 9.89. The van der Waals surface area contributed by atoms with E-state index in [0.29, 0.717) is 60.5 Å². The first kappa shape index (κ1) is 33.8. The summed E-state index contributed by atoms with van der Waals surface area (Å²) in [5.74, 6) is 1.42. The Hall–Kier alpha value is -4.65. The number of hydrogen-bond acceptors (Lipinski definition) is 13. The van der Waals surface area contributed by atoms with Gasteiger partial charge in [-0.1, -0.05) is 6.07 Å². The van der Waals surface area contributed by atoms with Gasteiger partial charge in [-0.25, -0.2) is 14.6 Å². The van der Waals surface area contributed by atoms with E-state index in [-0.39, 0.29) is 12.2 Å². The highest BCUT2D eigenvalue weighted by molar-refractivity contribution is 5.67. The lowest BCUT2D eigenvalue weighted by Gasteiger charge is -2.43. The molecule has 0 amide bonds. The van der Waals surface area contributed by atoms with Crippen LogP contribution in [0.1, 0.15) is 70.4 Å². The van der Waals surface area contributed by atoms with Crippen LogP contribution < -0.4 is 14.8 Å². The smallest absolute Gasteiger partial charge is 0.257 e. The van der Waals surface area contributed by atoms with Crippen LogP contribution in [0.2, 0.25) is 0 Å². The fraction of sp³-hybridized carbons (Fsp3) is 0.571. The van der Waals surface area contributed by atoms with Crippen LogP contribution in [-0.4, -0.2) is 102 Å². The van der Waals surface area contributed by atoms with Gasteiger partial charge in [0.1, 0.15) is 29.9 Å². The Morgan fingerprint density at radius 2 is 1.70 bits per heavy atom. The summed E-state index contributed by atoms with van der Waals surface area (Å²) in [4.78, 5) is 12.0. The predicted octanol–water partition coefficient (Wildman–Crippen LogP) is 4.56. The molecule has 15 heteroatoms. The van der Waals surface area contributed by atoms with E-state index in [1.54, 1.807) is 30.3 Å². The third kappa shape index (κ3) is 7.72. The molecule has 4 atom stereocenters. The van der Waals surface area contributed by atoms with E-state index >= 15 is 0 Å². The molecule has 1 aromatic carbocycles. The highest BCUT2D eigenvalue weighted by Gasteiger charge is 2.42. The summed E-state index contributed by atoms with van der Waals surface area (Å²) in [6.07, 6.45) is 14.4. The van der Waals surface area contributed by atoms with Crippen LogP contribution in [-0.2, 0) is 16.0 Å². The van der Waals surface area contributed by atoms with Crippen LogP contribution in [0.3, 0.4) is 0 Å². The lowest BCUT2D eigenvalue weighted by molar-refractivity contribution is -0.0458. The van der Waals surface area contributed by atoms with Gasteiger partial charge in [0.25, 0.3) is 5.88 Å². The van der Waals surface area contributed by atoms with Gasteiger partial charge in [0, 0.05) is 56.2 Å². The van der Waals surface area contributed by atoms with E-state index in [9.17, 15) is 5.26 Å². The van der Waals surface area contributed by atoms with Gasteiger partial charge in [0.05, 0.1) is 43.7 Å². The largest absolute Gasteiger partial charge is 0.487 e. The second-order valence-electron chi connectivity index (χ2n) is 13.6. The van der Waals surface area contributed by atoms with Crippen molar-refractivity contribution in [3.8, 4) is 28.8 Å². The summed E-state index contributed by atoms with van der Waals surface area (Å²) in [6.45, 7) is 6.72. The number of nitrogens with zero attached hydrogens (tertiary/aromatic N) is 10. The van der Waals surface area contributed by atoms with Gasteiger partial charge < -0.3 is 24.3 Å². The monoisotopic (exact) mass is 683 g/mol. The van der Waals surface area contributed by atoms with E-state index in [1.165, 1.54) is 19.2 Å². The average molecular weight is 684 g/mol. The van der Waals surface area contributed by atoms with Crippen molar-refractivity contribution in [3.05, 3.63) is 48.7 Å². The molecule has 264 valence electrons. The highest BCUT2D eigenvalue weighted by Crippen LogP contribution is 2.39. The normalized spacial score (nSPS) is 23.2. The molecule has 4 aromatic rings. The molecule has 3 fully saturated rings. The first-order valence-electron chi connectivity index (χ1n) is 17.6. The van der Waals surface area contributed by atoms with Crippen molar-refractivity contribution < 1.29 is 18.9 Å². The molecule has 3 aliphatic rings. The second-order valence-corrected chi connectivity index (χ2v) is 13.6. The van der Waals surface area contributed by atoms with E-state index in [0.717, 1.165) is 62.1 Å². The Labute approximate surface area is 291 Å². The molecule has 2 aliphatic heterocycles. The molecular weight excluding hydrogens is 638 g/mol. The number of rotatable bonds is 14. The molecule has 15 nitrogen and oxygen atoms in total. The third-order valence-corrected chi connectivity index (χ3v) is 10.00. The van der Waals surface area contributed by atoms with Crippen LogP contribution in [0, 0.1) is 11.3 Å². The number of methoxy groups -OCH3 is 1. The Kier molecular flexibility index (Phi) is 10.5. The number of nitrogens with one attached hydrogen (secondary N) is 1. The minimum absolute atomic E-state index is 0.0851. The van der Waals surface area contributed by atoms with Crippen LogP contribution in [0.5, 0.6) is 11.6 Å². The highest BCUT2D eigenvalue weighted by atomic mass is 16.5. The van der Waals surface area contributed by atoms with Crippen LogP contribution in [0.25, 0.3) is 11.1 Å². The van der Waals surface area contributed by atoms with Gasteiger partial charge in [-0.3, -0.25) is 9.58 Å². The number of anilines is 2. The van der Waals surface area contributed by atoms with Crippen molar-refractivity contribution in [2.24, 2.45) is 0 Å². The molecule has 7 rings (SSSR count). The number of ether oxygens (including phenoxy) is 4. The van der Waals surface area contributed by atoms with Crippen molar-refractivity contribution in [2.75, 3.05) is 32.2 Å². The lowest BCUT2D eigenvalue weighted by Crippen LogP contribution is -2.52. The minimum atomic E-state index is -0.270. The van der Waals surface area contributed by atoms with Crippen molar-refractivity contribution in [3.63, 3.8) is 0 Å². The molecule has 1 N–H and O–H groups in total. The summed E-state index contributed by atoms with van der Waals surface area (Å²) in [6, 6.07) is 9.72. The van der Waals surface area contributed by atoms with Crippen molar-refractivity contribution in [2.45, 2.75) is 102 Å². The zero-order valence-corrected chi connectivity index (χ0v) is 28.9. The number of morpholine rings is 1. The standard InChI is InChI=1S/C35H45N11O4/c1-23(12-13-47-3)50-34-32(19-45(41-34)28-6-8-29(9-7-28)46-30-10-11-31(46)21-48-20-30)40-35-37-16-27(17-38-35)25-4-5-26(15-36)33(14-25)49-24(2)18-44-22-39-42-43-44/h4-5,14,16-17,19,22-24,28-31H,6-13,18,20-21H2,1-3H3,(H,37,38,40)/t23?,24-,28-,29-,30-,31+/m0/s1. The molecule has 1 aliphatic carbocycles. The van der Waals surface area contributed by atoms with E-state index < -0.39 is 0 Å². The summed E-state index contributed by atoms with van der Waals surface area (Å²) < 4.78 is 27.2. The van der Waals surface area contributed by atoms with E-state index in [4.69, 9.17) is 24.0 Å². The maximum Gasteiger partial charge on any atom is 0.257 e. The number of hydrogen-bond donors (Lipinski definition) is 1. The van der Waals surface area contributed by atoms with E-state index in [2.05, 4.69) is 46.5 Å². The van der Waals surface area contributed by atoms with Gasteiger partial charge in [-0.2, -0.15) is 5.26 Å². The van der Waals surface area contributed by atoms with Crippen LogP contribution in [0.15, 0.2) is 43.1 Å². The molecule has 1 unspecified atom stereocenters. The van der Waals surface area contributed by atoms with Crippen LogP contribution in [0.4, 0.5) is 11.6 Å². The maximum absolute atomic E-state index is 9.69. The molecule has 0 radical (unpaired) electrons. The average Bonchev–Trinajstić information content (AvgIpc) is 3.85. The Morgan fingerprint density at radius 3 is 2.40 bits per heavy atom. The quantitative estimate of drug-likeness (QED) is 0.197. The van der Waals surface area contributed by atoms with Gasteiger partial charge in [0.15, 0.2) is 0 Å². The topological polar surface area (TPSA) is 163 Å². The van der Waals surface area contributed by atoms with Crippen molar-refractivity contribution >= 4 is 11.6 Å². The van der Waals surface area contributed by atoms with Gasteiger partial charge in [0.2, 0.25) is 5.95 Å². The Balaban J connectivity index is 1.04. The number of tetrazole rings is 1. The Morgan fingerprint density at radius 1 is 0.960 bits per heavy atom. The zero-order valence-electron chi connectivity index (χ0n) is 28.9. The summed E-state index contributed by atoms with van der Waals surface area (Å²) in [5, 5.41) is 29.2. The molecule has 3 aromatic heterocycles. The van der Waals surface area contributed by atoms with Gasteiger partial charge in [-0.15, -0.1) is 10.2 Å². The Bertz CT molecular complexity index is 1720. The molecule has 1 saturated carbocycles. The second kappa shape index (κ2) is 15.5. The zero-order chi connectivity index (χ0) is 34.5. The molecule has 2 bridgehead atoms. The summed E-state index contributed by atoms with van der Waals surface area (Å²) in [7, 11) is 1.69. The SMILES string of the molecule is COCCC(C)Oc1nn([C@H]2CC[C@H](N3[C@@H]4CC[C@H]3COC4)CC2)cc1Nc1ncc(-c2ccc(C#N)c(O[C@@H](C)Cn3cnnn3)c2)cn1. The molecule has 5 heterocycles. The minimum Gasteiger partial charge on any atom is -0.487 e. The first-order chi connectivity index (χ1) is 24.5. The summed E-state index contributed by atoms with van der Waals surface area (Å²) in [5.41, 5.74) is 2.76. The molecule has 50 heavy (non-hydrogen) atoms. The summed E-state index contributed by atoms with van der Waals surface area (Å²) >= 11 is 0.